The lowest BCUT2D eigenvalue weighted by Crippen LogP contribution is -2.07. The lowest BCUT2D eigenvalue weighted by atomic mass is 9.92. The smallest absolute Gasteiger partial charge is 0.306 e. The van der Waals surface area contributed by atoms with Gasteiger partial charge in [-0.2, -0.15) is 21.9 Å². The largest absolute Gasteiger partial charge is 0.457 e. The molecule has 0 saturated carbocycles. The maximum Gasteiger partial charge on any atom is 0.306 e. The van der Waals surface area contributed by atoms with Crippen LogP contribution in [0.4, 0.5) is 0 Å². The minimum Gasteiger partial charge on any atom is -0.457 e. The summed E-state index contributed by atoms with van der Waals surface area (Å²) in [5, 5.41) is 0. The summed E-state index contributed by atoms with van der Waals surface area (Å²) in [4.78, 5) is 0. The van der Waals surface area contributed by atoms with Crippen LogP contribution in [-0.4, -0.2) is 14.7 Å². The highest BCUT2D eigenvalue weighted by Crippen LogP contribution is 2.46. The second-order valence-electron chi connectivity index (χ2n) is 7.75. The van der Waals surface area contributed by atoms with Crippen molar-refractivity contribution in [2.75, 3.05) is 6.26 Å². The van der Waals surface area contributed by atoms with Crippen molar-refractivity contribution in [3.05, 3.63) is 102 Å². The third-order valence-electron chi connectivity index (χ3n) is 5.02. The average Bonchev–Trinajstić information content (AvgIpc) is 2.76. The molecule has 0 unspecified atom stereocenters. The first-order valence-electron chi connectivity index (χ1n) is 10.2. The number of ether oxygens (including phenoxy) is 1. The summed E-state index contributed by atoms with van der Waals surface area (Å²) in [7, 11) is -3.73. The summed E-state index contributed by atoms with van der Waals surface area (Å²) >= 11 is 0. The zero-order valence-corrected chi connectivity index (χ0v) is 20.5. The minimum atomic E-state index is -3.73. The number of para-hydroxylation sites is 1. The van der Waals surface area contributed by atoms with Gasteiger partial charge >= 0.3 is 10.1 Å². The third kappa shape index (κ3) is 5.97. The summed E-state index contributed by atoms with van der Waals surface area (Å²) < 4.78 is 35.8. The van der Waals surface area contributed by atoms with Crippen molar-refractivity contribution >= 4 is 23.6 Å². The van der Waals surface area contributed by atoms with Crippen molar-refractivity contribution in [3.63, 3.8) is 0 Å². The average molecular weight is 479 g/mol. The van der Waals surface area contributed by atoms with E-state index in [4.69, 9.17) is 8.92 Å². The topological polar surface area (TPSA) is 52.6 Å². The molecule has 0 fully saturated rings. The molecular formula is C27H26O4S2. The van der Waals surface area contributed by atoms with E-state index in [1.807, 2.05) is 92.7 Å². The van der Waals surface area contributed by atoms with Crippen molar-refractivity contribution in [1.29, 1.82) is 0 Å². The van der Waals surface area contributed by atoms with E-state index in [0.29, 0.717) is 17.1 Å². The van der Waals surface area contributed by atoms with Gasteiger partial charge in [0.25, 0.3) is 0 Å². The quantitative estimate of drug-likeness (QED) is 0.283. The van der Waals surface area contributed by atoms with Gasteiger partial charge in [0.1, 0.15) is 11.5 Å². The van der Waals surface area contributed by atoms with Gasteiger partial charge in [-0.15, -0.1) is 0 Å². The standard InChI is InChI=1S/C27H24O4S.H2S/c1-19-9-13-21(14-10-19)26-24(30-23-7-5-4-6-8-23)17-18-25(31-32(3,28)29)27(26)22-15-11-20(2)12-16-22;/h4-18H,1-3H3;1H2. The van der Waals surface area contributed by atoms with Crippen LogP contribution in [0.3, 0.4) is 0 Å². The highest BCUT2D eigenvalue weighted by molar-refractivity contribution is 7.86. The molecule has 0 aliphatic carbocycles. The summed E-state index contributed by atoms with van der Waals surface area (Å²) in [6.45, 7) is 4.03. The van der Waals surface area contributed by atoms with Gasteiger partial charge in [-0.05, 0) is 49.2 Å². The predicted octanol–water partition coefficient (Wildman–Crippen LogP) is 6.88. The molecule has 0 aromatic heterocycles. The highest BCUT2D eigenvalue weighted by atomic mass is 32.2. The van der Waals surface area contributed by atoms with E-state index in [-0.39, 0.29) is 19.2 Å². The molecule has 0 aliphatic heterocycles. The second kappa shape index (κ2) is 10.1. The van der Waals surface area contributed by atoms with E-state index < -0.39 is 10.1 Å². The van der Waals surface area contributed by atoms with Crippen LogP contribution in [0.2, 0.25) is 0 Å². The molecule has 170 valence electrons. The van der Waals surface area contributed by atoms with Gasteiger partial charge in [0.2, 0.25) is 0 Å². The van der Waals surface area contributed by atoms with Crippen LogP contribution in [0.1, 0.15) is 11.1 Å². The van der Waals surface area contributed by atoms with E-state index >= 15 is 0 Å². The number of benzene rings is 4. The van der Waals surface area contributed by atoms with Gasteiger partial charge < -0.3 is 8.92 Å². The molecule has 4 aromatic carbocycles. The van der Waals surface area contributed by atoms with Crippen molar-refractivity contribution in [2.45, 2.75) is 13.8 Å². The Morgan fingerprint density at radius 2 is 1.06 bits per heavy atom. The molecular weight excluding hydrogens is 452 g/mol. The molecule has 0 amide bonds. The fourth-order valence-corrected chi connectivity index (χ4v) is 3.98. The van der Waals surface area contributed by atoms with Gasteiger partial charge in [0, 0.05) is 11.1 Å². The molecule has 0 atom stereocenters. The van der Waals surface area contributed by atoms with Gasteiger partial charge in [-0.1, -0.05) is 77.9 Å². The van der Waals surface area contributed by atoms with Crippen LogP contribution >= 0.6 is 13.5 Å². The van der Waals surface area contributed by atoms with E-state index in [2.05, 4.69) is 0 Å². The maximum atomic E-state index is 12.1. The van der Waals surface area contributed by atoms with Crippen LogP contribution in [0.25, 0.3) is 22.3 Å². The van der Waals surface area contributed by atoms with Gasteiger partial charge in [0.15, 0.2) is 5.75 Å². The summed E-state index contributed by atoms with van der Waals surface area (Å²) in [6, 6.07) is 28.8. The molecule has 6 heteroatoms. The van der Waals surface area contributed by atoms with E-state index in [1.165, 1.54) is 0 Å². The zero-order chi connectivity index (χ0) is 22.7. The van der Waals surface area contributed by atoms with Crippen LogP contribution in [0, 0.1) is 13.8 Å². The van der Waals surface area contributed by atoms with Gasteiger partial charge in [-0.25, -0.2) is 0 Å². The molecule has 33 heavy (non-hydrogen) atoms. The number of hydrogen-bond acceptors (Lipinski definition) is 4. The number of hydrogen-bond donors (Lipinski definition) is 0. The maximum absolute atomic E-state index is 12.1. The lowest BCUT2D eigenvalue weighted by Gasteiger charge is -2.19. The first-order chi connectivity index (χ1) is 15.3. The second-order valence-corrected chi connectivity index (χ2v) is 9.32. The Morgan fingerprint density at radius 1 is 0.606 bits per heavy atom. The Balaban J connectivity index is 0.00000306. The van der Waals surface area contributed by atoms with E-state index in [9.17, 15) is 8.42 Å². The molecule has 0 radical (unpaired) electrons. The molecule has 0 N–H and O–H groups in total. The van der Waals surface area contributed by atoms with Gasteiger partial charge in [0.05, 0.1) is 6.26 Å². The molecule has 4 rings (SSSR count). The van der Waals surface area contributed by atoms with Crippen LogP contribution < -0.4 is 8.92 Å². The fraction of sp³-hybridized carbons (Fsp3) is 0.111. The Morgan fingerprint density at radius 3 is 1.55 bits per heavy atom. The Kier molecular flexibility index (Phi) is 7.51. The summed E-state index contributed by atoms with van der Waals surface area (Å²) in [5.41, 5.74) is 5.39. The molecule has 0 spiro atoms. The Bertz CT molecular complexity index is 1330. The molecule has 0 bridgehead atoms. The fourth-order valence-electron chi connectivity index (χ4n) is 3.51. The summed E-state index contributed by atoms with van der Waals surface area (Å²) in [6.07, 6.45) is 1.05. The van der Waals surface area contributed by atoms with E-state index in [0.717, 1.165) is 34.1 Å². The number of aryl methyl sites for hydroxylation is 2. The monoisotopic (exact) mass is 478 g/mol. The molecule has 0 heterocycles. The molecule has 4 aromatic rings. The molecule has 4 nitrogen and oxygen atoms in total. The zero-order valence-electron chi connectivity index (χ0n) is 18.7. The molecule has 0 aliphatic rings. The normalized spacial score (nSPS) is 10.9. The van der Waals surface area contributed by atoms with Gasteiger partial charge in [-0.3, -0.25) is 0 Å². The van der Waals surface area contributed by atoms with Crippen molar-refractivity contribution in [2.24, 2.45) is 0 Å². The van der Waals surface area contributed by atoms with Crippen LogP contribution in [-0.2, 0) is 10.1 Å². The lowest BCUT2D eigenvalue weighted by molar-refractivity contribution is 0.479. The first kappa shape index (κ1) is 24.4. The SMILES string of the molecule is Cc1ccc(-c2c(Oc3ccccc3)ccc(OS(C)(=O)=O)c2-c2ccc(C)cc2)cc1.S. The summed E-state index contributed by atoms with van der Waals surface area (Å²) in [5.74, 6) is 1.55. The minimum absolute atomic E-state index is 0. The van der Waals surface area contributed by atoms with Crippen molar-refractivity contribution in [3.8, 4) is 39.5 Å². The highest BCUT2D eigenvalue weighted by Gasteiger charge is 2.22. The van der Waals surface area contributed by atoms with E-state index in [1.54, 1.807) is 12.1 Å². The number of rotatable bonds is 6. The first-order valence-corrected chi connectivity index (χ1v) is 12.1. The Labute approximate surface area is 202 Å². The third-order valence-corrected chi connectivity index (χ3v) is 5.50. The van der Waals surface area contributed by atoms with Crippen LogP contribution in [0.15, 0.2) is 91.0 Å². The molecule has 0 saturated heterocycles. The Hall–Kier alpha value is -3.22. The van der Waals surface area contributed by atoms with Crippen molar-refractivity contribution in [1.82, 2.24) is 0 Å². The van der Waals surface area contributed by atoms with Crippen LogP contribution in [0.5, 0.6) is 17.2 Å². The predicted molar refractivity (Wildman–Crippen MR) is 139 cm³/mol. The van der Waals surface area contributed by atoms with Crippen molar-refractivity contribution < 1.29 is 17.3 Å².